The van der Waals surface area contributed by atoms with E-state index in [1.54, 1.807) is 60.7 Å². The number of carbonyl (C=O) groups is 2. The summed E-state index contributed by atoms with van der Waals surface area (Å²) in [5.74, 6) is 0.980. The van der Waals surface area contributed by atoms with Crippen molar-refractivity contribution in [3.8, 4) is 11.5 Å². The first-order valence-corrected chi connectivity index (χ1v) is 11.1. The van der Waals surface area contributed by atoms with Crippen LogP contribution in [0.15, 0.2) is 102 Å². The van der Waals surface area contributed by atoms with E-state index in [0.717, 1.165) is 10.2 Å². The molecule has 0 aliphatic carbocycles. The summed E-state index contributed by atoms with van der Waals surface area (Å²) in [6.45, 7) is 2.02. The van der Waals surface area contributed by atoms with E-state index in [4.69, 9.17) is 4.74 Å². The fourth-order valence-electron chi connectivity index (χ4n) is 3.06. The van der Waals surface area contributed by atoms with Gasteiger partial charge < -0.3 is 15.4 Å². The van der Waals surface area contributed by atoms with Crippen molar-refractivity contribution in [3.05, 3.63) is 118 Å². The Labute approximate surface area is 200 Å². The van der Waals surface area contributed by atoms with Crippen molar-refractivity contribution in [2.45, 2.75) is 6.92 Å². The molecule has 2 amide bonds. The van der Waals surface area contributed by atoms with Crippen LogP contribution in [0, 0.1) is 6.92 Å². The molecule has 0 spiro atoms. The summed E-state index contributed by atoms with van der Waals surface area (Å²) < 4.78 is 6.72. The lowest BCUT2D eigenvalue weighted by Crippen LogP contribution is -2.13. The number of carbonyl (C=O) groups excluding carboxylic acids is 2. The van der Waals surface area contributed by atoms with Crippen molar-refractivity contribution in [2.75, 3.05) is 10.6 Å². The van der Waals surface area contributed by atoms with Crippen molar-refractivity contribution in [2.24, 2.45) is 0 Å². The third kappa shape index (κ3) is 6.08. The van der Waals surface area contributed by atoms with Crippen molar-refractivity contribution >= 4 is 39.1 Å². The van der Waals surface area contributed by atoms with E-state index in [1.807, 2.05) is 43.3 Å². The molecule has 6 heteroatoms. The molecule has 0 saturated carbocycles. The SMILES string of the molecule is Cc1ccc(Oc2ccc(NC(=O)c3ccc(NC(=O)c4ccc(Br)cc4)cc3)cc2)cc1. The molecule has 0 heterocycles. The molecule has 2 N–H and O–H groups in total. The highest BCUT2D eigenvalue weighted by Crippen LogP contribution is 2.23. The van der Waals surface area contributed by atoms with E-state index in [9.17, 15) is 9.59 Å². The normalized spacial score (nSPS) is 10.4. The molecule has 5 nitrogen and oxygen atoms in total. The molecule has 0 bridgehead atoms. The number of hydrogen-bond acceptors (Lipinski definition) is 3. The lowest BCUT2D eigenvalue weighted by Gasteiger charge is -2.09. The first-order chi connectivity index (χ1) is 16.0. The van der Waals surface area contributed by atoms with Crippen LogP contribution >= 0.6 is 15.9 Å². The van der Waals surface area contributed by atoms with Gasteiger partial charge in [0.2, 0.25) is 0 Å². The summed E-state index contributed by atoms with van der Waals surface area (Å²) in [4.78, 5) is 24.9. The second-order valence-corrected chi connectivity index (χ2v) is 8.35. The summed E-state index contributed by atoms with van der Waals surface area (Å²) in [5.41, 5.74) is 3.47. The molecule has 0 fully saturated rings. The third-order valence-electron chi connectivity index (χ3n) is 4.88. The van der Waals surface area contributed by atoms with E-state index in [0.29, 0.717) is 28.3 Å². The number of aryl methyl sites for hydroxylation is 1. The van der Waals surface area contributed by atoms with E-state index in [2.05, 4.69) is 26.6 Å². The van der Waals surface area contributed by atoms with E-state index in [-0.39, 0.29) is 11.8 Å². The Bertz CT molecular complexity index is 1250. The summed E-state index contributed by atoms with van der Waals surface area (Å²) in [6.07, 6.45) is 0. The molecule has 0 aliphatic rings. The van der Waals surface area contributed by atoms with Crippen LogP contribution in [0.5, 0.6) is 11.5 Å². The topological polar surface area (TPSA) is 67.4 Å². The van der Waals surface area contributed by atoms with Gasteiger partial charge in [0.15, 0.2) is 0 Å². The molecule has 4 aromatic rings. The quantitative estimate of drug-likeness (QED) is 0.297. The molecule has 164 valence electrons. The van der Waals surface area contributed by atoms with E-state index < -0.39 is 0 Å². The fraction of sp³-hybridized carbons (Fsp3) is 0.0370. The maximum Gasteiger partial charge on any atom is 0.255 e. The van der Waals surface area contributed by atoms with Crippen LogP contribution in [-0.2, 0) is 0 Å². The summed E-state index contributed by atoms with van der Waals surface area (Å²) in [5, 5.41) is 5.68. The monoisotopic (exact) mass is 500 g/mol. The number of rotatable bonds is 6. The standard InChI is InChI=1S/C27H21BrN2O3/c1-18-2-14-24(15-3-18)33-25-16-12-23(13-17-25)30-27(32)20-6-10-22(11-7-20)29-26(31)19-4-8-21(28)9-5-19/h2-17H,1H3,(H,29,31)(H,30,32). The van der Waals surface area contributed by atoms with Gasteiger partial charge in [0.25, 0.3) is 11.8 Å². The van der Waals surface area contributed by atoms with Crippen LogP contribution in [0.25, 0.3) is 0 Å². The summed E-state index contributed by atoms with van der Waals surface area (Å²) in [7, 11) is 0. The van der Waals surface area contributed by atoms with Gasteiger partial charge in [-0.05, 0) is 91.9 Å². The average molecular weight is 501 g/mol. The molecular formula is C27H21BrN2O3. The molecule has 4 aromatic carbocycles. The minimum atomic E-state index is -0.243. The first-order valence-electron chi connectivity index (χ1n) is 10.3. The predicted octanol–water partition coefficient (Wildman–Crippen LogP) is 7.05. The lowest BCUT2D eigenvalue weighted by molar-refractivity contribution is 0.102. The minimum Gasteiger partial charge on any atom is -0.457 e. The van der Waals surface area contributed by atoms with Gasteiger partial charge in [0.05, 0.1) is 0 Å². The van der Waals surface area contributed by atoms with Gasteiger partial charge in [-0.2, -0.15) is 0 Å². The van der Waals surface area contributed by atoms with Gasteiger partial charge in [-0.3, -0.25) is 9.59 Å². The third-order valence-corrected chi connectivity index (χ3v) is 5.41. The second-order valence-electron chi connectivity index (χ2n) is 7.43. The zero-order valence-electron chi connectivity index (χ0n) is 17.8. The number of benzene rings is 4. The van der Waals surface area contributed by atoms with Gasteiger partial charge >= 0.3 is 0 Å². The van der Waals surface area contributed by atoms with Crippen molar-refractivity contribution in [3.63, 3.8) is 0 Å². The predicted molar refractivity (Wildman–Crippen MR) is 134 cm³/mol. The van der Waals surface area contributed by atoms with Crippen molar-refractivity contribution in [1.29, 1.82) is 0 Å². The van der Waals surface area contributed by atoms with Gasteiger partial charge in [0, 0.05) is 27.0 Å². The molecule has 0 unspecified atom stereocenters. The maximum atomic E-state index is 12.6. The molecule has 33 heavy (non-hydrogen) atoms. The zero-order valence-corrected chi connectivity index (χ0v) is 19.4. The first kappa shape index (κ1) is 22.3. The number of anilines is 2. The minimum absolute atomic E-state index is 0.215. The highest BCUT2D eigenvalue weighted by molar-refractivity contribution is 9.10. The highest BCUT2D eigenvalue weighted by Gasteiger charge is 2.09. The smallest absolute Gasteiger partial charge is 0.255 e. The molecule has 0 saturated heterocycles. The summed E-state index contributed by atoms with van der Waals surface area (Å²) >= 11 is 3.35. The number of nitrogens with one attached hydrogen (secondary N) is 2. The van der Waals surface area contributed by atoms with Gasteiger partial charge in [-0.15, -0.1) is 0 Å². The van der Waals surface area contributed by atoms with E-state index >= 15 is 0 Å². The second kappa shape index (κ2) is 10.1. The van der Waals surface area contributed by atoms with Crippen LogP contribution < -0.4 is 15.4 Å². The molecular weight excluding hydrogens is 480 g/mol. The van der Waals surface area contributed by atoms with Gasteiger partial charge in [-0.25, -0.2) is 0 Å². The zero-order chi connectivity index (χ0) is 23.2. The summed E-state index contributed by atoms with van der Waals surface area (Å²) in [6, 6.07) is 28.8. The Hall–Kier alpha value is -3.90. The van der Waals surface area contributed by atoms with Gasteiger partial charge in [0.1, 0.15) is 11.5 Å². The average Bonchev–Trinajstić information content (AvgIpc) is 2.82. The number of halogens is 1. The van der Waals surface area contributed by atoms with Crippen molar-refractivity contribution < 1.29 is 14.3 Å². The molecule has 0 atom stereocenters. The Morgan fingerprint density at radius 2 is 1.00 bits per heavy atom. The molecule has 4 rings (SSSR count). The Kier molecular flexibility index (Phi) is 6.86. The Morgan fingerprint density at radius 3 is 1.48 bits per heavy atom. The molecule has 0 aliphatic heterocycles. The number of hydrogen-bond donors (Lipinski definition) is 2. The highest BCUT2D eigenvalue weighted by atomic mass is 79.9. The van der Waals surface area contributed by atoms with E-state index in [1.165, 1.54) is 5.56 Å². The Morgan fingerprint density at radius 1 is 0.606 bits per heavy atom. The maximum absolute atomic E-state index is 12.6. The number of ether oxygens (including phenoxy) is 1. The Balaban J connectivity index is 1.34. The molecule has 0 radical (unpaired) electrons. The largest absolute Gasteiger partial charge is 0.457 e. The van der Waals surface area contributed by atoms with Crippen LogP contribution in [0.1, 0.15) is 26.3 Å². The van der Waals surface area contributed by atoms with Crippen LogP contribution in [0.4, 0.5) is 11.4 Å². The van der Waals surface area contributed by atoms with Crippen LogP contribution in [-0.4, -0.2) is 11.8 Å². The number of amides is 2. The lowest BCUT2D eigenvalue weighted by atomic mass is 10.1. The van der Waals surface area contributed by atoms with Crippen LogP contribution in [0.3, 0.4) is 0 Å². The molecule has 0 aromatic heterocycles. The van der Waals surface area contributed by atoms with Crippen LogP contribution in [0.2, 0.25) is 0 Å². The fourth-order valence-corrected chi connectivity index (χ4v) is 3.33. The van der Waals surface area contributed by atoms with Gasteiger partial charge in [-0.1, -0.05) is 33.6 Å². The van der Waals surface area contributed by atoms with Crippen molar-refractivity contribution in [1.82, 2.24) is 0 Å².